The Balaban J connectivity index is 0. The van der Waals surface area contributed by atoms with E-state index in [0.29, 0.717) is 32.8 Å². The van der Waals surface area contributed by atoms with Crippen molar-refractivity contribution < 1.29 is 124 Å². The fraction of sp³-hybridized carbons (Fsp3) is 0.708. The number of fused-ring (bicyclic) bond motifs is 2. The second-order valence-corrected chi connectivity index (χ2v) is 32.0. The van der Waals surface area contributed by atoms with Gasteiger partial charge in [0.25, 0.3) is 0 Å². The van der Waals surface area contributed by atoms with Crippen LogP contribution in [0.5, 0.6) is 11.5 Å². The maximum absolute atomic E-state index is 13.0. The van der Waals surface area contributed by atoms with Gasteiger partial charge >= 0.3 is 37.0 Å². The van der Waals surface area contributed by atoms with E-state index in [4.69, 9.17) is 159 Å². The first-order valence-corrected chi connectivity index (χ1v) is 39.1. The molecule has 10 rings (SSSR count). The van der Waals surface area contributed by atoms with Crippen LogP contribution in [0.1, 0.15) is 162 Å². The lowest BCUT2D eigenvalue weighted by molar-refractivity contribution is -0.217. The Hall–Kier alpha value is -4.46. The van der Waals surface area contributed by atoms with E-state index < -0.39 is 82.7 Å². The number of carbonyl (C=O) groups excluding carboxylic acids is 5. The molecular weight excluding hydrogens is 1690 g/mol. The van der Waals surface area contributed by atoms with E-state index in [9.17, 15) is 39.3 Å². The highest BCUT2D eigenvalue weighted by atomic mass is 35.6. The number of nitrogens with one attached hydrogen (secondary N) is 1. The van der Waals surface area contributed by atoms with E-state index in [-0.39, 0.29) is 49.7 Å². The number of anilines is 2. The molecule has 6 heterocycles. The molecule has 23 nitrogen and oxygen atoms in total. The maximum atomic E-state index is 13.0. The van der Waals surface area contributed by atoms with Crippen molar-refractivity contribution >= 4 is 142 Å². The van der Waals surface area contributed by atoms with E-state index in [1.165, 1.54) is 24.5 Å². The fourth-order valence-corrected chi connectivity index (χ4v) is 17.9. The fourth-order valence-electron chi connectivity index (χ4n) is 17.3. The number of methoxy groups -OCH3 is 2. The summed E-state index contributed by atoms with van der Waals surface area (Å²) in [6.45, 7) is 19.0. The summed E-state index contributed by atoms with van der Waals surface area (Å²) in [4.78, 5) is 65.1. The van der Waals surface area contributed by atoms with Crippen molar-refractivity contribution in [2.45, 2.75) is 218 Å². The molecule has 1 amide bonds. The second-order valence-electron chi connectivity index (χ2n) is 27.0. The number of aliphatic hydroxyl groups is 4. The number of hydrogen-bond donors (Lipinski definition) is 6. The van der Waals surface area contributed by atoms with E-state index in [1.54, 1.807) is 14.2 Å². The lowest BCUT2D eigenvalue weighted by atomic mass is 9.47. The molecular formula is C72H109BCl8F9N6O17. The third kappa shape index (κ3) is 27.3. The van der Waals surface area contributed by atoms with Crippen molar-refractivity contribution in [3.05, 3.63) is 71.8 Å². The van der Waals surface area contributed by atoms with Gasteiger partial charge in [0.15, 0.2) is 0 Å². The summed E-state index contributed by atoms with van der Waals surface area (Å²) in [7, 11) is 7.33. The minimum absolute atomic E-state index is 0. The van der Waals surface area contributed by atoms with Crippen LogP contribution in [0.4, 0.5) is 71.9 Å². The van der Waals surface area contributed by atoms with Gasteiger partial charge in [0.2, 0.25) is 0 Å². The molecule has 0 bridgehead atoms. The molecule has 2 saturated heterocycles. The molecule has 4 fully saturated rings. The number of ether oxygens (including phenoxy) is 8. The Bertz CT molecular complexity index is 3170. The predicted molar refractivity (Wildman–Crippen MR) is 422 cm³/mol. The number of carbonyl (C=O) groups is 5. The number of hydrogen-bond acceptors (Lipinski definition) is 22. The first kappa shape index (κ1) is 111. The zero-order valence-electron chi connectivity index (χ0n) is 65.1. The number of unbranched alkanes of at least 4 members (excludes halogenated alkanes) is 8. The molecule has 0 aromatic heterocycles. The Morgan fingerprint density at radius 1 is 0.584 bits per heavy atom. The van der Waals surface area contributed by atoms with E-state index in [1.807, 2.05) is 32.3 Å². The lowest BCUT2D eigenvalue weighted by Gasteiger charge is -2.64. The number of nitrogens with two attached hydrogens (primary N) is 1. The highest BCUT2D eigenvalue weighted by Crippen LogP contribution is 2.69. The number of benzene rings is 2. The Labute approximate surface area is 697 Å². The number of aliphatic hydroxyl groups excluding tert-OH is 2. The predicted octanol–water partition coefficient (Wildman–Crippen LogP) is 17.4. The standard InChI is InChI=1S/C30H43N3O6.C22H31N3O3.2C6H11ClO2.C5H12O.C3Cl6O3.B.4F2.FH/c1-6-8-9-17-38-27(35)31-19-30(36)25-29(22-12-11-21(37-5)18-23(22)32(25)4)14-16-33-15-10-13-28(7-2,24(29)33)26(30)39-20(3)34;1-4-20-8-5-10-25-11-9-21(17(20)25)15-7-6-14(28-3)12-16(15)24(2)18(21)22(27,13-23)19(20)26;2*1-2-3-4-5-9-6(7)8;1-2-3-4-5-6;4-2(5,6)11-1(10)12-3(7,8)9;;4*1-2;/h10-13,18,24-26,36H,6-9,14-17,19H2,1-5H3,(H,31,35);5-8,12,17-19,26-27H,4,9-11,13,23H2,1-3H3;2*2-5H2,1H3;6H,2-5H2,1H3;;;;;;;1H/t24-,25+,26+,28+,29+,30-;17-,18+,19+,20+,21+,22-;;;;;;;;;;/m00........../s1. The lowest BCUT2D eigenvalue weighted by Crippen LogP contribution is -2.81. The van der Waals surface area contributed by atoms with Gasteiger partial charge in [-0.2, -0.15) is 0 Å². The molecule has 3 radical (unpaired) electrons. The average molecular weight is 1800 g/mol. The molecule has 0 unspecified atom stereocenters. The Morgan fingerprint density at radius 3 is 1.29 bits per heavy atom. The molecule has 8 aliphatic rings. The second kappa shape index (κ2) is 53.2. The van der Waals surface area contributed by atoms with Crippen molar-refractivity contribution in [2.24, 2.45) is 16.6 Å². The average Bonchev–Trinajstić information content (AvgIpc) is 1.51. The van der Waals surface area contributed by atoms with Crippen LogP contribution < -0.4 is 30.3 Å². The zero-order valence-corrected chi connectivity index (χ0v) is 71.2. The van der Waals surface area contributed by atoms with Gasteiger partial charge in [-0.1, -0.05) is 129 Å². The topological polar surface area (TPSA) is 291 Å². The molecule has 651 valence electrons. The molecule has 2 aromatic carbocycles. The van der Waals surface area contributed by atoms with Crippen molar-refractivity contribution in [1.29, 1.82) is 0 Å². The van der Waals surface area contributed by atoms with E-state index >= 15 is 0 Å². The van der Waals surface area contributed by atoms with Crippen molar-refractivity contribution in [2.75, 3.05) is 104 Å². The zero-order chi connectivity index (χ0) is 84.9. The van der Waals surface area contributed by atoms with Crippen molar-refractivity contribution in [3.8, 4) is 11.5 Å². The summed E-state index contributed by atoms with van der Waals surface area (Å²) in [5, 5.41) is 47.6. The maximum Gasteiger partial charge on any atom is 0.515 e. The number of likely N-dealkylation sites (N-methyl/N-ethyl adjacent to an activating group) is 2. The van der Waals surface area contributed by atoms with Gasteiger partial charge in [0, 0.05) is 173 Å². The van der Waals surface area contributed by atoms with Crippen LogP contribution in [0.15, 0.2) is 60.7 Å². The van der Waals surface area contributed by atoms with Gasteiger partial charge in [-0.15, -0.1) is 0 Å². The minimum atomic E-state index is -2.24. The van der Waals surface area contributed by atoms with Gasteiger partial charge in [-0.05, 0) is 157 Å². The molecule has 12 atom stereocenters. The number of rotatable bonds is 23. The minimum Gasteiger partial charge on any atom is -0.497 e. The van der Waals surface area contributed by atoms with Gasteiger partial charge in [-0.25, -0.2) is 19.2 Å². The number of halogens is 17. The third-order valence-corrected chi connectivity index (χ3v) is 21.8. The number of esters is 1. The van der Waals surface area contributed by atoms with E-state index in [2.05, 4.69) is 128 Å². The molecule has 2 saturated carbocycles. The smallest absolute Gasteiger partial charge is 0.497 e. The van der Waals surface area contributed by atoms with Gasteiger partial charge in [0.05, 0.1) is 58.8 Å². The molecule has 7 N–H and O–H groups in total. The van der Waals surface area contributed by atoms with Crippen LogP contribution in [0.3, 0.4) is 0 Å². The van der Waals surface area contributed by atoms with Crippen LogP contribution in [-0.2, 0) is 44.0 Å². The number of alkyl halides is 6. The molecule has 2 aromatic rings. The Morgan fingerprint density at radius 2 is 0.956 bits per heavy atom. The first-order valence-electron chi connectivity index (χ1n) is 36.1. The summed E-state index contributed by atoms with van der Waals surface area (Å²) >= 11 is 40.0. The molecule has 6 aliphatic heterocycles. The van der Waals surface area contributed by atoms with E-state index in [0.717, 1.165) is 139 Å². The van der Waals surface area contributed by atoms with Crippen molar-refractivity contribution in [1.82, 2.24) is 15.1 Å². The highest BCUT2D eigenvalue weighted by molar-refractivity contribution is 6.67. The summed E-state index contributed by atoms with van der Waals surface area (Å²) < 4.78 is 99.0. The molecule has 2 aliphatic carbocycles. The summed E-state index contributed by atoms with van der Waals surface area (Å²) in [5.41, 5.74) is 4.38. The largest absolute Gasteiger partial charge is 0.515 e. The first-order chi connectivity index (χ1) is 52.6. The number of amides is 1. The van der Waals surface area contributed by atoms with Crippen LogP contribution in [-0.4, -0.2) is 217 Å². The normalized spacial score (nSPS) is 26.1. The monoisotopic (exact) mass is 1790 g/mol. The summed E-state index contributed by atoms with van der Waals surface area (Å²) in [6.07, 6.45) is 20.4. The highest BCUT2D eigenvalue weighted by Gasteiger charge is 2.79. The quantitative estimate of drug-likeness (QED) is 0.00881. The molecule has 2 spiro atoms. The summed E-state index contributed by atoms with van der Waals surface area (Å²) in [6, 6.07) is 11.8. The molecule has 41 heteroatoms. The van der Waals surface area contributed by atoms with Gasteiger partial charge < -0.3 is 79.2 Å². The van der Waals surface area contributed by atoms with Crippen LogP contribution in [0, 0.1) is 10.8 Å². The van der Waals surface area contributed by atoms with Gasteiger partial charge in [0.1, 0.15) is 28.8 Å². The molecule has 113 heavy (non-hydrogen) atoms. The van der Waals surface area contributed by atoms with Crippen LogP contribution >= 0.6 is 92.8 Å². The Kier molecular flexibility index (Phi) is 52.0. The summed E-state index contributed by atoms with van der Waals surface area (Å²) in [5.74, 6) is 1.09. The number of nitrogens with zero attached hydrogens (tertiary/aromatic N) is 4. The van der Waals surface area contributed by atoms with Gasteiger partial charge in [-0.3, -0.25) is 19.3 Å². The van der Waals surface area contributed by atoms with Crippen molar-refractivity contribution in [3.63, 3.8) is 0 Å². The third-order valence-electron chi connectivity index (χ3n) is 21.1. The van der Waals surface area contributed by atoms with Crippen LogP contribution in [0.2, 0.25) is 0 Å². The SMILES string of the molecule is CCCCCO.CCCCCOC(=O)Cl.CCCCCOC(=O)Cl.CCCCCOC(=O)NC[C@@]1(O)[C@H](OC(C)=O)[C@]2(CC)C=CCN3CC[C@@]4(c5ccc(OC)cc5N(C)[C@@H]14)[C@@H]32.CC[C@]12C=CCN3CC[C@@]4(c5ccc(OC)cc5N(C)[C@H]4[C@@](O)(CN)[C@@H]1O)[C@@H]32.F.FF.FF.FF.FF.O=C(OC(Cl)(Cl)Cl)OC(Cl)(Cl)Cl.[B]. The number of alkyl carbamates (subject to hydrolysis) is 1. The van der Waals surface area contributed by atoms with Crippen LogP contribution in [0.25, 0.3) is 0 Å².